The third-order valence-electron chi connectivity index (χ3n) is 4.80. The van der Waals surface area contributed by atoms with Crippen molar-refractivity contribution in [1.29, 1.82) is 0 Å². The van der Waals surface area contributed by atoms with E-state index < -0.39 is 12.1 Å². The van der Waals surface area contributed by atoms with Gasteiger partial charge in [-0.2, -0.15) is 0 Å². The van der Waals surface area contributed by atoms with Gasteiger partial charge in [-0.15, -0.1) is 0 Å². The molecule has 0 bridgehead atoms. The molecule has 5 heteroatoms. The van der Waals surface area contributed by atoms with Crippen LogP contribution in [0, 0.1) is 5.92 Å². The summed E-state index contributed by atoms with van der Waals surface area (Å²) in [5.74, 6) is -0.106. The van der Waals surface area contributed by atoms with E-state index >= 15 is 0 Å². The fourth-order valence-corrected chi connectivity index (χ4v) is 3.32. The van der Waals surface area contributed by atoms with E-state index in [0.717, 1.165) is 19.3 Å². The molecule has 1 aromatic carbocycles. The lowest BCUT2D eigenvalue weighted by atomic mass is 9.90. The van der Waals surface area contributed by atoms with Gasteiger partial charge in [0.05, 0.1) is 0 Å². The highest BCUT2D eigenvalue weighted by atomic mass is 16.5. The van der Waals surface area contributed by atoms with Crippen molar-refractivity contribution in [3.63, 3.8) is 0 Å². The summed E-state index contributed by atoms with van der Waals surface area (Å²) < 4.78 is 5.28. The first-order valence-electron chi connectivity index (χ1n) is 9.08. The maximum Gasteiger partial charge on any atom is 0.357 e. The largest absolute Gasteiger partial charge is 0.448 e. The van der Waals surface area contributed by atoms with Crippen LogP contribution in [0.1, 0.15) is 35.8 Å². The highest BCUT2D eigenvalue weighted by Gasteiger charge is 2.28. The van der Waals surface area contributed by atoms with Gasteiger partial charge >= 0.3 is 5.97 Å². The van der Waals surface area contributed by atoms with E-state index in [9.17, 15) is 9.59 Å². The maximum atomic E-state index is 12.6. The fraction of sp³-hybridized carbons (Fsp3) is 0.381. The Kier molecular flexibility index (Phi) is 6.00. The normalized spacial score (nSPS) is 16.1. The molecule has 3 rings (SSSR count). The molecule has 0 radical (unpaired) electrons. The Bertz CT molecular complexity index is 725. The van der Waals surface area contributed by atoms with E-state index in [-0.39, 0.29) is 11.6 Å². The molecular weight excluding hydrogens is 328 g/mol. The van der Waals surface area contributed by atoms with Crippen LogP contribution in [0.4, 0.5) is 0 Å². The molecule has 1 amide bonds. The van der Waals surface area contributed by atoms with Gasteiger partial charge in [-0.25, -0.2) is 9.78 Å². The van der Waals surface area contributed by atoms with E-state index in [1.54, 1.807) is 30.0 Å². The zero-order valence-electron chi connectivity index (χ0n) is 15.0. The van der Waals surface area contributed by atoms with Crippen LogP contribution in [0.15, 0.2) is 54.7 Å². The van der Waals surface area contributed by atoms with E-state index in [1.807, 2.05) is 6.07 Å². The van der Waals surface area contributed by atoms with Crippen molar-refractivity contribution in [2.45, 2.75) is 32.3 Å². The Morgan fingerprint density at radius 1 is 1.12 bits per heavy atom. The summed E-state index contributed by atoms with van der Waals surface area (Å²) in [6, 6.07) is 15.5. The van der Waals surface area contributed by atoms with Gasteiger partial charge < -0.3 is 9.64 Å². The topological polar surface area (TPSA) is 59.5 Å². The summed E-state index contributed by atoms with van der Waals surface area (Å²) in [5, 5.41) is 0. The first-order valence-corrected chi connectivity index (χ1v) is 9.08. The predicted octanol–water partition coefficient (Wildman–Crippen LogP) is 3.11. The second-order valence-electron chi connectivity index (χ2n) is 6.72. The molecule has 1 atom stereocenters. The number of ether oxygens (including phenoxy) is 1. The summed E-state index contributed by atoms with van der Waals surface area (Å²) in [7, 11) is 0. The van der Waals surface area contributed by atoms with Crippen LogP contribution in [-0.2, 0) is 16.0 Å². The van der Waals surface area contributed by atoms with Gasteiger partial charge in [0.1, 0.15) is 5.69 Å². The molecule has 0 saturated carbocycles. The number of rotatable bonds is 5. The number of carbonyl (C=O) groups excluding carboxylic acids is 2. The van der Waals surface area contributed by atoms with Crippen LogP contribution in [-0.4, -0.2) is 41.0 Å². The molecule has 1 fully saturated rings. The molecular formula is C21H24N2O3. The lowest BCUT2D eigenvalue weighted by Crippen LogP contribution is -2.44. The number of esters is 1. The monoisotopic (exact) mass is 352 g/mol. The van der Waals surface area contributed by atoms with Crippen LogP contribution in [0.25, 0.3) is 0 Å². The SMILES string of the molecule is CC(OC(=O)c1ccccn1)C(=O)N1CCC(Cc2ccccc2)CC1. The third kappa shape index (κ3) is 4.69. The number of hydrogen-bond donors (Lipinski definition) is 0. The van der Waals surface area contributed by atoms with Gasteiger partial charge in [-0.3, -0.25) is 4.79 Å². The molecule has 1 aliphatic heterocycles. The van der Waals surface area contributed by atoms with Crippen LogP contribution in [0.2, 0.25) is 0 Å². The van der Waals surface area contributed by atoms with E-state index in [4.69, 9.17) is 4.74 Å². The minimum Gasteiger partial charge on any atom is -0.448 e. The minimum atomic E-state index is -0.796. The van der Waals surface area contributed by atoms with Crippen LogP contribution >= 0.6 is 0 Å². The zero-order valence-corrected chi connectivity index (χ0v) is 15.0. The number of benzene rings is 1. The second kappa shape index (κ2) is 8.61. The number of likely N-dealkylation sites (tertiary alicyclic amines) is 1. The smallest absolute Gasteiger partial charge is 0.357 e. The minimum absolute atomic E-state index is 0.132. The van der Waals surface area contributed by atoms with Crippen LogP contribution in [0.3, 0.4) is 0 Å². The average molecular weight is 352 g/mol. The predicted molar refractivity (Wildman–Crippen MR) is 98.6 cm³/mol. The molecule has 136 valence electrons. The van der Waals surface area contributed by atoms with Crippen molar-refractivity contribution in [2.75, 3.05) is 13.1 Å². The number of nitrogens with zero attached hydrogens (tertiary/aromatic N) is 2. The van der Waals surface area contributed by atoms with E-state index in [0.29, 0.717) is 19.0 Å². The average Bonchev–Trinajstić information content (AvgIpc) is 2.69. The fourth-order valence-electron chi connectivity index (χ4n) is 3.32. The second-order valence-corrected chi connectivity index (χ2v) is 6.72. The van der Waals surface area contributed by atoms with Crippen molar-refractivity contribution < 1.29 is 14.3 Å². The van der Waals surface area contributed by atoms with Crippen molar-refractivity contribution >= 4 is 11.9 Å². The van der Waals surface area contributed by atoms with Gasteiger partial charge in [0.15, 0.2) is 6.10 Å². The summed E-state index contributed by atoms with van der Waals surface area (Å²) in [6.45, 7) is 3.04. The lowest BCUT2D eigenvalue weighted by molar-refractivity contribution is -0.141. The number of pyridine rings is 1. The molecule has 1 unspecified atom stereocenters. The van der Waals surface area contributed by atoms with Crippen molar-refractivity contribution in [3.05, 3.63) is 66.0 Å². The summed E-state index contributed by atoms with van der Waals surface area (Å²) in [6.07, 6.45) is 3.73. The molecule has 2 heterocycles. The highest BCUT2D eigenvalue weighted by Crippen LogP contribution is 2.22. The molecule has 1 aliphatic rings. The summed E-state index contributed by atoms with van der Waals surface area (Å²) in [5.41, 5.74) is 1.56. The maximum absolute atomic E-state index is 12.6. The molecule has 5 nitrogen and oxygen atoms in total. The Hall–Kier alpha value is -2.69. The molecule has 0 aliphatic carbocycles. The van der Waals surface area contributed by atoms with Crippen molar-refractivity contribution in [1.82, 2.24) is 9.88 Å². The number of hydrogen-bond acceptors (Lipinski definition) is 4. The number of amides is 1. The molecule has 1 saturated heterocycles. The molecule has 0 N–H and O–H groups in total. The summed E-state index contributed by atoms with van der Waals surface area (Å²) in [4.78, 5) is 30.4. The summed E-state index contributed by atoms with van der Waals surface area (Å²) >= 11 is 0. The van der Waals surface area contributed by atoms with E-state index in [1.165, 1.54) is 11.8 Å². The highest BCUT2D eigenvalue weighted by molar-refractivity contribution is 5.90. The van der Waals surface area contributed by atoms with Crippen LogP contribution in [0.5, 0.6) is 0 Å². The third-order valence-corrected chi connectivity index (χ3v) is 4.80. The molecule has 26 heavy (non-hydrogen) atoms. The quantitative estimate of drug-likeness (QED) is 0.776. The van der Waals surface area contributed by atoms with E-state index in [2.05, 4.69) is 29.2 Å². The van der Waals surface area contributed by atoms with Crippen LogP contribution < -0.4 is 0 Å². The zero-order chi connectivity index (χ0) is 18.4. The Morgan fingerprint density at radius 3 is 2.46 bits per heavy atom. The van der Waals surface area contributed by atoms with Gasteiger partial charge in [-0.05, 0) is 49.8 Å². The van der Waals surface area contributed by atoms with Gasteiger partial charge in [0.2, 0.25) is 0 Å². The number of piperidine rings is 1. The molecule has 2 aromatic rings. The van der Waals surface area contributed by atoms with Gasteiger partial charge in [-0.1, -0.05) is 36.4 Å². The number of carbonyl (C=O) groups is 2. The Balaban J connectivity index is 1.47. The van der Waals surface area contributed by atoms with Crippen molar-refractivity contribution in [2.24, 2.45) is 5.92 Å². The lowest BCUT2D eigenvalue weighted by Gasteiger charge is -2.33. The Labute approximate surface area is 154 Å². The molecule has 0 spiro atoms. The van der Waals surface area contributed by atoms with Gasteiger partial charge in [0.25, 0.3) is 5.91 Å². The van der Waals surface area contributed by atoms with Crippen molar-refractivity contribution in [3.8, 4) is 0 Å². The Morgan fingerprint density at radius 2 is 1.81 bits per heavy atom. The molecule has 1 aromatic heterocycles. The number of aromatic nitrogens is 1. The first kappa shape index (κ1) is 18.1. The standard InChI is InChI=1S/C21H24N2O3/c1-16(26-21(25)19-9-5-6-12-22-19)20(24)23-13-10-18(11-14-23)15-17-7-3-2-4-8-17/h2-9,12,16,18H,10-11,13-15H2,1H3. The first-order chi connectivity index (χ1) is 12.6. The van der Waals surface area contributed by atoms with Gasteiger partial charge in [0, 0.05) is 19.3 Å².